The highest BCUT2D eigenvalue weighted by molar-refractivity contribution is 6.32. The molecule has 0 fully saturated rings. The van der Waals surface area contributed by atoms with Gasteiger partial charge in [-0.1, -0.05) is 18.5 Å². The molecule has 0 aliphatic rings. The zero-order valence-corrected chi connectivity index (χ0v) is 12.9. The molecular weight excluding hydrogens is 280 g/mol. The summed E-state index contributed by atoms with van der Waals surface area (Å²) in [4.78, 5) is 27.7. The summed E-state index contributed by atoms with van der Waals surface area (Å²) in [5.74, 6) is -0.965. The number of carbonyl (C=O) groups excluding carboxylic acids is 2. The van der Waals surface area contributed by atoms with Crippen LogP contribution in [0.15, 0.2) is 6.07 Å². The van der Waals surface area contributed by atoms with E-state index in [-0.39, 0.29) is 16.6 Å². The molecule has 1 aromatic heterocycles. The van der Waals surface area contributed by atoms with Gasteiger partial charge in [0.15, 0.2) is 6.10 Å². The summed E-state index contributed by atoms with van der Waals surface area (Å²) < 4.78 is 5.12. The number of aryl methyl sites for hydroxylation is 2. The van der Waals surface area contributed by atoms with Gasteiger partial charge < -0.3 is 10.1 Å². The number of esters is 1. The molecule has 0 aliphatic carbocycles. The molecular formula is C14H19ClN2O3. The molecule has 1 heterocycles. The summed E-state index contributed by atoms with van der Waals surface area (Å²) in [5, 5.41) is 2.75. The maximum absolute atomic E-state index is 12.1. The first-order valence-electron chi connectivity index (χ1n) is 6.49. The van der Waals surface area contributed by atoms with Crippen molar-refractivity contribution >= 4 is 23.5 Å². The number of pyridine rings is 1. The van der Waals surface area contributed by atoms with Crippen molar-refractivity contribution < 1.29 is 14.3 Å². The van der Waals surface area contributed by atoms with E-state index in [1.165, 1.54) is 6.92 Å². The van der Waals surface area contributed by atoms with Crippen LogP contribution in [0.5, 0.6) is 0 Å². The Bertz CT molecular complexity index is 494. The van der Waals surface area contributed by atoms with Gasteiger partial charge in [-0.15, -0.1) is 0 Å². The number of nitrogens with one attached hydrogen (secondary N) is 1. The van der Waals surface area contributed by atoms with E-state index in [0.29, 0.717) is 12.1 Å². The fraction of sp³-hybridized carbons (Fsp3) is 0.500. The Morgan fingerprint density at radius 3 is 2.65 bits per heavy atom. The summed E-state index contributed by atoms with van der Waals surface area (Å²) in [6.45, 7) is 7.55. The predicted octanol–water partition coefficient (Wildman–Crippen LogP) is 2.42. The minimum absolute atomic E-state index is 0.0914. The van der Waals surface area contributed by atoms with Gasteiger partial charge >= 0.3 is 5.97 Å². The lowest BCUT2D eigenvalue weighted by molar-refractivity contribution is -0.129. The van der Waals surface area contributed by atoms with Crippen molar-refractivity contribution in [1.82, 2.24) is 10.3 Å². The van der Waals surface area contributed by atoms with Crippen LogP contribution in [0.25, 0.3) is 0 Å². The molecule has 0 aromatic carbocycles. The Labute approximate surface area is 123 Å². The van der Waals surface area contributed by atoms with Crippen molar-refractivity contribution in [2.75, 3.05) is 6.54 Å². The normalized spacial score (nSPS) is 11.8. The van der Waals surface area contributed by atoms with E-state index in [2.05, 4.69) is 10.3 Å². The predicted molar refractivity (Wildman–Crippen MR) is 76.9 cm³/mol. The van der Waals surface area contributed by atoms with Gasteiger partial charge in [0, 0.05) is 12.2 Å². The van der Waals surface area contributed by atoms with Crippen LogP contribution >= 0.6 is 11.6 Å². The van der Waals surface area contributed by atoms with Crippen LogP contribution in [0.2, 0.25) is 5.15 Å². The fourth-order valence-electron chi connectivity index (χ4n) is 1.70. The average molecular weight is 299 g/mol. The summed E-state index contributed by atoms with van der Waals surface area (Å²) in [6.07, 6.45) is -0.0509. The molecule has 20 heavy (non-hydrogen) atoms. The Balaban J connectivity index is 2.79. The monoisotopic (exact) mass is 298 g/mol. The molecule has 1 rings (SSSR count). The number of carbonyl (C=O) groups is 2. The topological polar surface area (TPSA) is 68.3 Å². The SMILES string of the molecule is CCCNC(=O)[C@@H](C)OC(=O)c1c(C)cc(C)nc1Cl. The zero-order chi connectivity index (χ0) is 15.3. The first-order chi connectivity index (χ1) is 9.36. The van der Waals surface area contributed by atoms with Gasteiger partial charge in [0.2, 0.25) is 0 Å². The van der Waals surface area contributed by atoms with E-state index >= 15 is 0 Å². The fourth-order valence-corrected chi connectivity index (χ4v) is 2.06. The average Bonchev–Trinajstić information content (AvgIpc) is 2.34. The number of aromatic nitrogens is 1. The van der Waals surface area contributed by atoms with Crippen LogP contribution in [-0.2, 0) is 9.53 Å². The summed E-state index contributed by atoms with van der Waals surface area (Å²) in [7, 11) is 0. The van der Waals surface area contributed by atoms with Gasteiger partial charge in [-0.05, 0) is 38.8 Å². The van der Waals surface area contributed by atoms with Gasteiger partial charge in [-0.3, -0.25) is 4.79 Å². The van der Waals surface area contributed by atoms with E-state index in [4.69, 9.17) is 16.3 Å². The van der Waals surface area contributed by atoms with Crippen molar-refractivity contribution in [2.24, 2.45) is 0 Å². The van der Waals surface area contributed by atoms with E-state index < -0.39 is 12.1 Å². The van der Waals surface area contributed by atoms with Gasteiger partial charge in [0.05, 0.1) is 5.56 Å². The second kappa shape index (κ2) is 7.24. The van der Waals surface area contributed by atoms with Crippen LogP contribution in [-0.4, -0.2) is 29.5 Å². The summed E-state index contributed by atoms with van der Waals surface area (Å²) in [6, 6.07) is 1.74. The number of amides is 1. The molecule has 110 valence electrons. The Morgan fingerprint density at radius 2 is 2.10 bits per heavy atom. The minimum Gasteiger partial charge on any atom is -0.449 e. The highest BCUT2D eigenvalue weighted by Crippen LogP contribution is 2.20. The number of hydrogen-bond donors (Lipinski definition) is 1. The zero-order valence-electron chi connectivity index (χ0n) is 12.1. The van der Waals surface area contributed by atoms with Crippen LogP contribution in [0.4, 0.5) is 0 Å². The molecule has 0 bridgehead atoms. The van der Waals surface area contributed by atoms with Crippen LogP contribution in [0.3, 0.4) is 0 Å². The summed E-state index contributed by atoms with van der Waals surface area (Å²) >= 11 is 5.96. The van der Waals surface area contributed by atoms with Gasteiger partial charge in [0.1, 0.15) is 5.15 Å². The number of rotatable bonds is 5. The Kier molecular flexibility index (Phi) is 5.95. The number of halogens is 1. The van der Waals surface area contributed by atoms with E-state index in [9.17, 15) is 9.59 Å². The first-order valence-corrected chi connectivity index (χ1v) is 6.87. The molecule has 1 aromatic rings. The minimum atomic E-state index is -0.870. The van der Waals surface area contributed by atoms with Crippen LogP contribution in [0, 0.1) is 13.8 Å². The third-order valence-corrected chi connectivity index (χ3v) is 2.98. The Morgan fingerprint density at radius 1 is 1.45 bits per heavy atom. The van der Waals surface area contributed by atoms with E-state index in [1.54, 1.807) is 19.9 Å². The maximum Gasteiger partial charge on any atom is 0.342 e. The first kappa shape index (κ1) is 16.4. The second-order valence-electron chi connectivity index (χ2n) is 4.58. The van der Waals surface area contributed by atoms with E-state index in [0.717, 1.165) is 12.1 Å². The molecule has 0 saturated heterocycles. The highest BCUT2D eigenvalue weighted by atomic mass is 35.5. The number of ether oxygens (including phenoxy) is 1. The van der Waals surface area contributed by atoms with Crippen molar-refractivity contribution in [3.05, 3.63) is 28.0 Å². The molecule has 0 aliphatic heterocycles. The van der Waals surface area contributed by atoms with Gasteiger partial charge in [-0.2, -0.15) is 0 Å². The van der Waals surface area contributed by atoms with Crippen LogP contribution < -0.4 is 5.32 Å². The lowest BCUT2D eigenvalue weighted by Crippen LogP contribution is -2.36. The summed E-state index contributed by atoms with van der Waals surface area (Å²) in [5.41, 5.74) is 1.60. The van der Waals surface area contributed by atoms with Crippen molar-refractivity contribution in [1.29, 1.82) is 0 Å². The van der Waals surface area contributed by atoms with Crippen molar-refractivity contribution in [2.45, 2.75) is 40.2 Å². The van der Waals surface area contributed by atoms with Gasteiger partial charge in [0.25, 0.3) is 5.91 Å². The molecule has 1 amide bonds. The third-order valence-electron chi connectivity index (χ3n) is 2.71. The molecule has 5 nitrogen and oxygen atoms in total. The largest absolute Gasteiger partial charge is 0.449 e. The lowest BCUT2D eigenvalue weighted by atomic mass is 10.1. The van der Waals surface area contributed by atoms with Crippen molar-refractivity contribution in [3.63, 3.8) is 0 Å². The molecule has 0 radical (unpaired) electrons. The molecule has 0 unspecified atom stereocenters. The molecule has 6 heteroatoms. The third kappa shape index (κ3) is 4.20. The second-order valence-corrected chi connectivity index (χ2v) is 4.94. The quantitative estimate of drug-likeness (QED) is 0.669. The highest BCUT2D eigenvalue weighted by Gasteiger charge is 2.22. The molecule has 0 saturated carbocycles. The molecule has 1 N–H and O–H groups in total. The smallest absolute Gasteiger partial charge is 0.342 e. The number of nitrogens with zero attached hydrogens (tertiary/aromatic N) is 1. The van der Waals surface area contributed by atoms with Crippen molar-refractivity contribution in [3.8, 4) is 0 Å². The van der Waals surface area contributed by atoms with E-state index in [1.807, 2.05) is 6.92 Å². The maximum atomic E-state index is 12.1. The van der Waals surface area contributed by atoms with Gasteiger partial charge in [-0.25, -0.2) is 9.78 Å². The van der Waals surface area contributed by atoms with Crippen LogP contribution in [0.1, 0.15) is 41.9 Å². The Hall–Kier alpha value is -1.62. The lowest BCUT2D eigenvalue weighted by Gasteiger charge is -2.14. The number of hydrogen-bond acceptors (Lipinski definition) is 4. The molecule has 1 atom stereocenters. The molecule has 0 spiro atoms. The standard InChI is InChI=1S/C14H19ClN2O3/c1-5-6-16-13(18)10(4)20-14(19)11-8(2)7-9(3)17-12(11)15/h7,10H,5-6H2,1-4H3,(H,16,18)/t10-/m1/s1.